The summed E-state index contributed by atoms with van der Waals surface area (Å²) in [5.41, 5.74) is 0.449. The predicted octanol–water partition coefficient (Wildman–Crippen LogP) is 0.154. The van der Waals surface area contributed by atoms with E-state index in [-0.39, 0.29) is 11.7 Å². The van der Waals surface area contributed by atoms with Crippen LogP contribution in [0.5, 0.6) is 5.75 Å². The summed E-state index contributed by atoms with van der Waals surface area (Å²) in [5.74, 6) is -0.480. The van der Waals surface area contributed by atoms with Gasteiger partial charge >= 0.3 is 6.36 Å². The second-order valence-corrected chi connectivity index (χ2v) is 5.95. The lowest BCUT2D eigenvalue weighted by atomic mass is 10.2. The Bertz CT molecular complexity index is 534. The van der Waals surface area contributed by atoms with Crippen LogP contribution in [0.2, 0.25) is 0 Å². The van der Waals surface area contributed by atoms with Crippen LogP contribution in [0.25, 0.3) is 0 Å². The molecular formula is C16H24F3N3O2+2. The van der Waals surface area contributed by atoms with Crippen molar-refractivity contribution < 1.29 is 32.9 Å². The van der Waals surface area contributed by atoms with Crippen molar-refractivity contribution in [2.24, 2.45) is 0 Å². The molecule has 1 unspecified atom stereocenters. The number of nitrogens with two attached hydrogens (primary N) is 1. The normalized spacial score (nSPS) is 20.8. The van der Waals surface area contributed by atoms with Crippen molar-refractivity contribution >= 4 is 11.6 Å². The van der Waals surface area contributed by atoms with Crippen LogP contribution < -0.4 is 20.3 Å². The van der Waals surface area contributed by atoms with Crippen molar-refractivity contribution in [1.82, 2.24) is 0 Å². The van der Waals surface area contributed by atoms with E-state index in [9.17, 15) is 18.0 Å². The van der Waals surface area contributed by atoms with E-state index in [4.69, 9.17) is 0 Å². The minimum Gasteiger partial charge on any atom is -0.406 e. The molecule has 0 saturated carbocycles. The predicted molar refractivity (Wildman–Crippen MR) is 82.8 cm³/mol. The van der Waals surface area contributed by atoms with E-state index in [2.05, 4.69) is 17.0 Å². The smallest absolute Gasteiger partial charge is 0.406 e. The number of quaternary nitrogens is 2. The molecule has 2 rings (SSSR count). The van der Waals surface area contributed by atoms with Crippen LogP contribution in [0.3, 0.4) is 0 Å². The van der Waals surface area contributed by atoms with Gasteiger partial charge in [-0.3, -0.25) is 4.79 Å². The average Bonchev–Trinajstić information content (AvgIpc) is 2.95. The Morgan fingerprint density at radius 3 is 2.71 bits per heavy atom. The third-order valence-electron chi connectivity index (χ3n) is 4.23. The second-order valence-electron chi connectivity index (χ2n) is 5.95. The summed E-state index contributed by atoms with van der Waals surface area (Å²) in [7, 11) is 0. The lowest BCUT2D eigenvalue weighted by molar-refractivity contribution is -0.923. The van der Waals surface area contributed by atoms with Gasteiger partial charge in [0.15, 0.2) is 6.54 Å². The van der Waals surface area contributed by atoms with E-state index in [0.717, 1.165) is 13.1 Å². The van der Waals surface area contributed by atoms with Crippen molar-refractivity contribution in [2.75, 3.05) is 31.5 Å². The highest BCUT2D eigenvalue weighted by Gasteiger charge is 2.31. The maximum atomic E-state index is 12.1. The maximum Gasteiger partial charge on any atom is 0.573 e. The van der Waals surface area contributed by atoms with Gasteiger partial charge in [0.1, 0.15) is 18.3 Å². The summed E-state index contributed by atoms with van der Waals surface area (Å²) in [6.07, 6.45) is -2.28. The summed E-state index contributed by atoms with van der Waals surface area (Å²) in [4.78, 5) is 13.5. The summed E-state index contributed by atoms with van der Waals surface area (Å²) in [6.45, 7) is 5.69. The zero-order valence-electron chi connectivity index (χ0n) is 13.7. The Hall–Kier alpha value is -1.80. The molecule has 0 radical (unpaired) electrons. The molecule has 1 aliphatic heterocycles. The summed E-state index contributed by atoms with van der Waals surface area (Å²) >= 11 is 0. The van der Waals surface area contributed by atoms with Gasteiger partial charge in [0.05, 0.1) is 13.1 Å². The van der Waals surface area contributed by atoms with Gasteiger partial charge in [0.25, 0.3) is 5.91 Å². The minimum atomic E-state index is -4.71. The molecule has 4 N–H and O–H groups in total. The van der Waals surface area contributed by atoms with Crippen molar-refractivity contribution in [3.63, 3.8) is 0 Å². The number of hydrogen-bond acceptors (Lipinski definition) is 2. The number of halogens is 3. The number of hydrogen-bond donors (Lipinski definition) is 3. The number of ether oxygens (including phenoxy) is 1. The molecule has 1 aromatic carbocycles. The topological polar surface area (TPSA) is 59.4 Å². The van der Waals surface area contributed by atoms with E-state index in [0.29, 0.717) is 18.3 Å². The van der Waals surface area contributed by atoms with E-state index >= 15 is 0 Å². The van der Waals surface area contributed by atoms with Gasteiger partial charge in [0.2, 0.25) is 0 Å². The summed E-state index contributed by atoms with van der Waals surface area (Å²) < 4.78 is 40.0. The van der Waals surface area contributed by atoms with E-state index < -0.39 is 6.36 Å². The van der Waals surface area contributed by atoms with Crippen LogP contribution in [0, 0.1) is 0 Å². The van der Waals surface area contributed by atoms with Crippen molar-refractivity contribution in [2.45, 2.75) is 32.2 Å². The number of carbonyl (C=O) groups is 1. The van der Waals surface area contributed by atoms with E-state index in [1.807, 2.05) is 5.32 Å². The Balaban J connectivity index is 1.72. The monoisotopic (exact) mass is 347 g/mol. The molecule has 1 saturated heterocycles. The zero-order chi connectivity index (χ0) is 17.6. The molecule has 8 heteroatoms. The van der Waals surface area contributed by atoms with Crippen LogP contribution in [0.1, 0.15) is 19.8 Å². The maximum absolute atomic E-state index is 12.1. The van der Waals surface area contributed by atoms with Crippen molar-refractivity contribution in [1.29, 1.82) is 0 Å². The largest absolute Gasteiger partial charge is 0.573 e. The number of alkyl halides is 3. The van der Waals surface area contributed by atoms with Crippen LogP contribution in [0.15, 0.2) is 24.3 Å². The van der Waals surface area contributed by atoms with Gasteiger partial charge in [-0.15, -0.1) is 13.2 Å². The molecule has 1 aromatic rings. The molecule has 1 amide bonds. The number of likely N-dealkylation sites (N-methyl/N-ethyl adjacent to an activating group) is 1. The fourth-order valence-electron chi connectivity index (χ4n) is 3.10. The first-order valence-corrected chi connectivity index (χ1v) is 8.19. The van der Waals surface area contributed by atoms with E-state index in [1.54, 1.807) is 4.90 Å². The van der Waals surface area contributed by atoms with Crippen LogP contribution in [-0.2, 0) is 4.79 Å². The quantitative estimate of drug-likeness (QED) is 0.658. The number of amides is 1. The van der Waals surface area contributed by atoms with Gasteiger partial charge < -0.3 is 20.3 Å². The lowest BCUT2D eigenvalue weighted by Gasteiger charge is -2.18. The van der Waals surface area contributed by atoms with E-state index in [1.165, 1.54) is 43.7 Å². The van der Waals surface area contributed by atoms with Gasteiger partial charge in [-0.1, -0.05) is 0 Å². The number of anilines is 1. The van der Waals surface area contributed by atoms with Gasteiger partial charge in [-0.2, -0.15) is 0 Å². The minimum absolute atomic E-state index is 0.171. The third-order valence-corrected chi connectivity index (χ3v) is 4.23. The first kappa shape index (κ1) is 18.5. The molecule has 5 nitrogen and oxygen atoms in total. The Morgan fingerprint density at radius 1 is 1.38 bits per heavy atom. The third kappa shape index (κ3) is 6.01. The lowest BCUT2D eigenvalue weighted by Crippen LogP contribution is -3.16. The highest BCUT2D eigenvalue weighted by atomic mass is 19.4. The van der Waals surface area contributed by atoms with Crippen LogP contribution >= 0.6 is 0 Å². The van der Waals surface area contributed by atoms with Gasteiger partial charge in [-0.05, 0) is 31.2 Å². The second kappa shape index (κ2) is 8.34. The Kier molecular flexibility index (Phi) is 6.44. The molecule has 134 valence electrons. The fraction of sp³-hybridized carbons (Fsp3) is 0.562. The molecule has 0 spiro atoms. The van der Waals surface area contributed by atoms with Gasteiger partial charge in [0, 0.05) is 18.5 Å². The number of carbonyl (C=O) groups excluding carboxylic acids is 1. The van der Waals surface area contributed by atoms with Crippen LogP contribution in [0.4, 0.5) is 18.9 Å². The molecule has 2 atom stereocenters. The van der Waals surface area contributed by atoms with Crippen LogP contribution in [-0.4, -0.2) is 44.5 Å². The first-order chi connectivity index (χ1) is 11.4. The molecule has 1 fully saturated rings. The standard InChI is InChI=1S/C16H22F3N3O2/c1-2-22-9-3-4-13(22)10-20-11-15(23)21-12-5-7-14(8-6-12)24-16(17,18)19/h5-8,13,20H,2-4,9-11H2,1H3,(H,21,23)/p+2/t13-/m1/s1. The number of benzene rings is 1. The molecule has 0 bridgehead atoms. The Morgan fingerprint density at radius 2 is 2.08 bits per heavy atom. The molecule has 0 aliphatic carbocycles. The molecule has 1 heterocycles. The van der Waals surface area contributed by atoms with Gasteiger partial charge in [-0.25, -0.2) is 0 Å². The Labute approximate surface area is 139 Å². The zero-order valence-corrected chi connectivity index (χ0v) is 13.7. The molecule has 24 heavy (non-hydrogen) atoms. The molecule has 0 aromatic heterocycles. The SMILES string of the molecule is CC[NH+]1CCC[C@@H]1C[NH2+]CC(=O)Nc1ccc(OC(F)(F)F)cc1. The number of nitrogens with one attached hydrogen (secondary N) is 2. The summed E-state index contributed by atoms with van der Waals surface area (Å²) in [5, 5.41) is 4.66. The highest BCUT2D eigenvalue weighted by Crippen LogP contribution is 2.23. The first-order valence-electron chi connectivity index (χ1n) is 8.19. The highest BCUT2D eigenvalue weighted by molar-refractivity contribution is 5.91. The summed E-state index contributed by atoms with van der Waals surface area (Å²) in [6, 6.07) is 5.72. The molecular weight excluding hydrogens is 323 g/mol. The number of likely N-dealkylation sites (tertiary alicyclic amines) is 1. The molecule has 1 aliphatic rings. The average molecular weight is 347 g/mol. The fourth-order valence-corrected chi connectivity index (χ4v) is 3.10. The van der Waals surface area contributed by atoms with Crippen molar-refractivity contribution in [3.05, 3.63) is 24.3 Å². The number of rotatable bonds is 7. The van der Waals surface area contributed by atoms with Crippen molar-refractivity contribution in [3.8, 4) is 5.75 Å².